The van der Waals surface area contributed by atoms with E-state index < -0.39 is 5.92 Å². The predicted molar refractivity (Wildman–Crippen MR) is 164 cm³/mol. The van der Waals surface area contributed by atoms with Gasteiger partial charge in [-0.2, -0.15) is 10.3 Å². The standard InChI is InChI=1S/C30H24ClN7O4.CH4/c1-17-24(30(40)38(35-17)21-7-3-5-19(13-21)28-33-36-37-34-28)16-23-10-12-27(42-23)18-9-11-26(31)25(14-18)29(39)32-20-6-4-8-22(15-20)41-2;/h3-15,24H,16H2,1-2H3,(H,32,39)(H,33,34,36,37);1H4. The lowest BCUT2D eigenvalue weighted by atomic mass is 9.99. The Hall–Kier alpha value is -5.29. The number of amides is 2. The van der Waals surface area contributed by atoms with Crippen molar-refractivity contribution in [1.82, 2.24) is 20.6 Å². The third-order valence-electron chi connectivity index (χ3n) is 6.85. The van der Waals surface area contributed by atoms with Crippen LogP contribution in [0.2, 0.25) is 5.02 Å². The molecule has 0 spiro atoms. The number of furan rings is 1. The number of aromatic nitrogens is 4. The number of carbonyl (C=O) groups excluding carboxylic acids is 2. The van der Waals surface area contributed by atoms with Crippen molar-refractivity contribution in [1.29, 1.82) is 0 Å². The Kier molecular flexibility index (Phi) is 8.35. The molecular formula is C31H28ClN7O4. The average molecular weight is 598 g/mol. The molecule has 2 amide bonds. The van der Waals surface area contributed by atoms with Crippen LogP contribution in [0.3, 0.4) is 0 Å². The van der Waals surface area contributed by atoms with Crippen LogP contribution in [0.5, 0.6) is 5.75 Å². The van der Waals surface area contributed by atoms with Gasteiger partial charge < -0.3 is 14.5 Å². The molecule has 0 saturated heterocycles. The second-order valence-corrected chi connectivity index (χ2v) is 9.99. The molecule has 11 nitrogen and oxygen atoms in total. The molecule has 12 heteroatoms. The Bertz CT molecular complexity index is 1820. The van der Waals surface area contributed by atoms with E-state index in [-0.39, 0.29) is 19.2 Å². The van der Waals surface area contributed by atoms with Crippen molar-refractivity contribution in [3.8, 4) is 28.5 Å². The summed E-state index contributed by atoms with van der Waals surface area (Å²) in [7, 11) is 1.56. The van der Waals surface area contributed by atoms with E-state index in [2.05, 4.69) is 31.0 Å². The Morgan fingerprint density at radius 3 is 2.70 bits per heavy atom. The van der Waals surface area contributed by atoms with Crippen molar-refractivity contribution in [3.63, 3.8) is 0 Å². The fraction of sp³-hybridized carbons (Fsp3) is 0.161. The first-order valence-electron chi connectivity index (χ1n) is 13.0. The van der Waals surface area contributed by atoms with Gasteiger partial charge in [0.15, 0.2) is 0 Å². The molecule has 0 radical (unpaired) electrons. The molecule has 1 aliphatic heterocycles. The first-order valence-corrected chi connectivity index (χ1v) is 13.3. The van der Waals surface area contributed by atoms with Gasteiger partial charge in [-0.25, -0.2) is 5.01 Å². The van der Waals surface area contributed by atoms with Crippen LogP contribution in [0.4, 0.5) is 11.4 Å². The van der Waals surface area contributed by atoms with Crippen LogP contribution in [0.15, 0.2) is 88.4 Å². The topological polar surface area (TPSA) is 139 Å². The molecule has 5 aromatic rings. The van der Waals surface area contributed by atoms with Crippen LogP contribution in [0, 0.1) is 5.92 Å². The number of H-pyrrole nitrogens is 1. The molecule has 0 bridgehead atoms. The molecule has 2 aromatic heterocycles. The highest BCUT2D eigenvalue weighted by molar-refractivity contribution is 6.34. The zero-order valence-corrected chi connectivity index (χ0v) is 23.3. The zero-order valence-electron chi connectivity index (χ0n) is 22.5. The zero-order chi connectivity index (χ0) is 29.2. The molecule has 0 saturated carbocycles. The maximum Gasteiger partial charge on any atom is 0.257 e. The maximum atomic E-state index is 13.4. The van der Waals surface area contributed by atoms with Gasteiger partial charge in [-0.15, -0.1) is 10.2 Å². The van der Waals surface area contributed by atoms with E-state index in [9.17, 15) is 9.59 Å². The van der Waals surface area contributed by atoms with Crippen molar-refractivity contribution in [2.24, 2.45) is 11.0 Å². The lowest BCUT2D eigenvalue weighted by molar-refractivity contribution is -0.119. The number of hydrogen-bond acceptors (Lipinski definition) is 8. The van der Waals surface area contributed by atoms with Gasteiger partial charge in [0.25, 0.3) is 11.8 Å². The molecule has 0 aliphatic carbocycles. The molecule has 1 atom stereocenters. The highest BCUT2D eigenvalue weighted by Crippen LogP contribution is 2.32. The quantitative estimate of drug-likeness (QED) is 0.215. The number of aromatic amines is 1. The summed E-state index contributed by atoms with van der Waals surface area (Å²) in [6, 6.07) is 23.0. The van der Waals surface area contributed by atoms with Crippen LogP contribution >= 0.6 is 11.6 Å². The van der Waals surface area contributed by atoms with E-state index >= 15 is 0 Å². The highest BCUT2D eigenvalue weighted by atomic mass is 35.5. The molecule has 2 N–H and O–H groups in total. The molecule has 1 unspecified atom stereocenters. The number of nitrogens with one attached hydrogen (secondary N) is 2. The minimum Gasteiger partial charge on any atom is -0.497 e. The number of methoxy groups -OCH3 is 1. The fourth-order valence-corrected chi connectivity index (χ4v) is 4.88. The number of hydrazone groups is 1. The normalized spacial score (nSPS) is 14.3. The maximum absolute atomic E-state index is 13.4. The largest absolute Gasteiger partial charge is 0.497 e. The van der Waals surface area contributed by atoms with Crippen molar-refractivity contribution in [2.45, 2.75) is 20.8 Å². The van der Waals surface area contributed by atoms with Gasteiger partial charge >= 0.3 is 0 Å². The van der Waals surface area contributed by atoms with Gasteiger partial charge in [-0.3, -0.25) is 9.59 Å². The molecule has 43 heavy (non-hydrogen) atoms. The van der Waals surface area contributed by atoms with Crippen molar-refractivity contribution in [2.75, 3.05) is 17.4 Å². The van der Waals surface area contributed by atoms with Crippen LogP contribution in [0.25, 0.3) is 22.7 Å². The summed E-state index contributed by atoms with van der Waals surface area (Å²) in [5.74, 6) is 1.17. The van der Waals surface area contributed by atoms with Gasteiger partial charge in [-0.1, -0.05) is 37.2 Å². The summed E-state index contributed by atoms with van der Waals surface area (Å²) in [6.45, 7) is 1.82. The number of carbonyl (C=O) groups is 2. The first-order chi connectivity index (χ1) is 20.4. The number of ether oxygens (including phenoxy) is 1. The number of halogens is 1. The number of benzene rings is 3. The highest BCUT2D eigenvalue weighted by Gasteiger charge is 2.35. The monoisotopic (exact) mass is 597 g/mol. The van der Waals surface area contributed by atoms with Crippen LogP contribution in [-0.2, 0) is 11.2 Å². The van der Waals surface area contributed by atoms with Gasteiger partial charge in [0.1, 0.15) is 17.3 Å². The second kappa shape index (κ2) is 12.3. The SMILES string of the molecule is C.COc1cccc(NC(=O)c2cc(-c3ccc(CC4C(=O)N(c5cccc(-c6nn[nH]n6)c5)N=C4C)o3)ccc2Cl)c1. The minimum absolute atomic E-state index is 0. The molecule has 1 aliphatic rings. The van der Waals surface area contributed by atoms with Crippen LogP contribution < -0.4 is 15.1 Å². The van der Waals surface area contributed by atoms with E-state index in [4.69, 9.17) is 20.8 Å². The summed E-state index contributed by atoms with van der Waals surface area (Å²) < 4.78 is 11.3. The van der Waals surface area contributed by atoms with Crippen LogP contribution in [-0.4, -0.2) is 45.3 Å². The number of rotatable bonds is 8. The second-order valence-electron chi connectivity index (χ2n) is 9.58. The number of hydrogen-bond donors (Lipinski definition) is 2. The minimum atomic E-state index is -0.493. The summed E-state index contributed by atoms with van der Waals surface area (Å²) >= 11 is 6.37. The van der Waals surface area contributed by atoms with Gasteiger partial charge in [0, 0.05) is 35.0 Å². The van der Waals surface area contributed by atoms with E-state index in [0.29, 0.717) is 68.3 Å². The van der Waals surface area contributed by atoms with Gasteiger partial charge in [0.2, 0.25) is 5.82 Å². The molecule has 3 aromatic carbocycles. The Morgan fingerprint density at radius 2 is 1.91 bits per heavy atom. The Morgan fingerprint density at radius 1 is 1.07 bits per heavy atom. The fourth-order valence-electron chi connectivity index (χ4n) is 4.68. The lowest BCUT2D eigenvalue weighted by Gasteiger charge is -2.14. The van der Waals surface area contributed by atoms with Gasteiger partial charge in [-0.05, 0) is 66.7 Å². The molecular weight excluding hydrogens is 570 g/mol. The third-order valence-corrected chi connectivity index (χ3v) is 7.18. The van der Waals surface area contributed by atoms with E-state index in [1.54, 1.807) is 67.8 Å². The Balaban J connectivity index is 0.00000368. The summed E-state index contributed by atoms with van der Waals surface area (Å²) in [4.78, 5) is 26.4. The van der Waals surface area contributed by atoms with Crippen LogP contribution in [0.1, 0.15) is 30.5 Å². The smallest absolute Gasteiger partial charge is 0.257 e. The number of nitrogens with zero attached hydrogens (tertiary/aromatic N) is 5. The van der Waals surface area contributed by atoms with Crippen molar-refractivity contribution in [3.05, 3.63) is 95.2 Å². The number of tetrazole rings is 1. The summed E-state index contributed by atoms with van der Waals surface area (Å²) in [6.07, 6.45) is 0.325. The van der Waals surface area contributed by atoms with E-state index in [1.807, 2.05) is 25.1 Å². The van der Waals surface area contributed by atoms with Gasteiger partial charge in [0.05, 0.1) is 29.3 Å². The lowest BCUT2D eigenvalue weighted by Crippen LogP contribution is -2.28. The summed E-state index contributed by atoms with van der Waals surface area (Å²) in [5.41, 5.74) is 3.53. The van der Waals surface area contributed by atoms with E-state index in [1.165, 1.54) is 5.01 Å². The first kappa shape index (κ1) is 29.2. The molecule has 3 heterocycles. The Labute approximate surface area is 252 Å². The van der Waals surface area contributed by atoms with Crippen molar-refractivity contribution < 1.29 is 18.7 Å². The number of anilines is 2. The molecule has 218 valence electrons. The van der Waals surface area contributed by atoms with Crippen molar-refractivity contribution >= 4 is 40.5 Å². The molecule has 0 fully saturated rings. The average Bonchev–Trinajstić information content (AvgIpc) is 3.76. The van der Waals surface area contributed by atoms with E-state index in [0.717, 1.165) is 0 Å². The third kappa shape index (κ3) is 6.02. The summed E-state index contributed by atoms with van der Waals surface area (Å²) in [5, 5.41) is 23.1. The predicted octanol–water partition coefficient (Wildman–Crippen LogP) is 6.26. The molecule has 6 rings (SSSR count).